The van der Waals surface area contributed by atoms with Crippen molar-refractivity contribution in [3.8, 4) is 0 Å². The second-order valence-electron chi connectivity index (χ2n) is 3.20. The summed E-state index contributed by atoms with van der Waals surface area (Å²) >= 11 is 0. The molecule has 1 nitrogen and oxygen atoms in total. The predicted molar refractivity (Wildman–Crippen MR) is 56.1 cm³/mol. The first kappa shape index (κ1) is 8.27. The van der Waals surface area contributed by atoms with Crippen molar-refractivity contribution in [2.45, 2.75) is 0 Å². The first-order valence-corrected chi connectivity index (χ1v) is 4.54. The van der Waals surface area contributed by atoms with Gasteiger partial charge in [0.2, 0.25) is 0 Å². The average Bonchev–Trinajstić information content (AvgIpc) is 2.39. The highest BCUT2D eigenvalue weighted by atomic mass is 14.5. The highest BCUT2D eigenvalue weighted by molar-refractivity contribution is 5.46. The third-order valence-corrected chi connectivity index (χ3v) is 2.38. The SMILES string of the molecule is NCC1=C2C=CC=CC2C=CC=C1. The van der Waals surface area contributed by atoms with Crippen molar-refractivity contribution < 1.29 is 0 Å². The maximum absolute atomic E-state index is 5.68. The minimum Gasteiger partial charge on any atom is -0.326 e. The predicted octanol–water partition coefficient (Wildman–Crippen LogP) is 2.11. The molecule has 0 saturated heterocycles. The van der Waals surface area contributed by atoms with Gasteiger partial charge in [-0.05, 0) is 11.1 Å². The lowest BCUT2D eigenvalue weighted by Gasteiger charge is -2.14. The van der Waals surface area contributed by atoms with Gasteiger partial charge in [-0.25, -0.2) is 0 Å². The van der Waals surface area contributed by atoms with Crippen LogP contribution in [0, 0.1) is 5.92 Å². The Morgan fingerprint density at radius 3 is 2.38 bits per heavy atom. The molecule has 0 radical (unpaired) electrons. The van der Waals surface area contributed by atoms with E-state index in [0.29, 0.717) is 12.5 Å². The molecule has 2 aliphatic carbocycles. The summed E-state index contributed by atoms with van der Waals surface area (Å²) in [5.74, 6) is 0.415. The molecule has 66 valence electrons. The molecular formula is C12H13N. The van der Waals surface area contributed by atoms with Gasteiger partial charge in [-0.15, -0.1) is 0 Å². The van der Waals surface area contributed by atoms with Gasteiger partial charge in [0, 0.05) is 12.5 Å². The lowest BCUT2D eigenvalue weighted by Crippen LogP contribution is -2.08. The normalized spacial score (nSPS) is 24.8. The Hall–Kier alpha value is -1.34. The molecule has 0 amide bonds. The Labute approximate surface area is 78.6 Å². The summed E-state index contributed by atoms with van der Waals surface area (Å²) in [6.07, 6.45) is 16.9. The zero-order valence-corrected chi connectivity index (χ0v) is 7.48. The van der Waals surface area contributed by atoms with E-state index in [9.17, 15) is 0 Å². The first-order valence-electron chi connectivity index (χ1n) is 4.54. The molecule has 0 fully saturated rings. The van der Waals surface area contributed by atoms with Crippen LogP contribution in [0.3, 0.4) is 0 Å². The fraction of sp³-hybridized carbons (Fsp3) is 0.167. The molecule has 1 heteroatoms. The van der Waals surface area contributed by atoms with Crippen molar-refractivity contribution in [1.82, 2.24) is 0 Å². The van der Waals surface area contributed by atoms with Crippen LogP contribution in [0.25, 0.3) is 0 Å². The van der Waals surface area contributed by atoms with E-state index >= 15 is 0 Å². The Balaban J connectivity index is 2.46. The molecule has 0 spiro atoms. The summed E-state index contributed by atoms with van der Waals surface area (Å²) in [6, 6.07) is 0. The second kappa shape index (κ2) is 3.58. The summed E-state index contributed by atoms with van der Waals surface area (Å²) in [4.78, 5) is 0. The lowest BCUT2D eigenvalue weighted by atomic mass is 9.91. The third-order valence-electron chi connectivity index (χ3n) is 2.38. The van der Waals surface area contributed by atoms with Crippen molar-refractivity contribution in [1.29, 1.82) is 0 Å². The molecule has 1 atom stereocenters. The van der Waals surface area contributed by atoms with Gasteiger partial charge in [-0.2, -0.15) is 0 Å². The molecule has 0 saturated carbocycles. The Morgan fingerprint density at radius 2 is 1.69 bits per heavy atom. The molecule has 0 bridgehead atoms. The molecule has 1 unspecified atom stereocenters. The van der Waals surface area contributed by atoms with Crippen molar-refractivity contribution in [3.05, 3.63) is 59.8 Å². The van der Waals surface area contributed by atoms with Crippen molar-refractivity contribution >= 4 is 0 Å². The summed E-state index contributed by atoms with van der Waals surface area (Å²) < 4.78 is 0. The fourth-order valence-corrected chi connectivity index (χ4v) is 1.68. The zero-order chi connectivity index (χ0) is 9.10. The standard InChI is InChI=1S/C12H13N/c13-9-11-7-2-1-5-10-6-3-4-8-12(10)11/h1-8,10H,9,13H2. The van der Waals surface area contributed by atoms with Crippen LogP contribution in [0.15, 0.2) is 59.8 Å². The molecule has 0 aliphatic heterocycles. The number of fused-ring (bicyclic) bond motifs is 1. The minimum absolute atomic E-state index is 0.415. The number of nitrogens with two attached hydrogens (primary N) is 1. The summed E-state index contributed by atoms with van der Waals surface area (Å²) in [5, 5.41) is 0. The van der Waals surface area contributed by atoms with Gasteiger partial charge < -0.3 is 5.73 Å². The molecular weight excluding hydrogens is 158 g/mol. The van der Waals surface area contributed by atoms with Gasteiger partial charge in [-0.3, -0.25) is 0 Å². The second-order valence-corrected chi connectivity index (χ2v) is 3.20. The van der Waals surface area contributed by atoms with E-state index in [0.717, 1.165) is 0 Å². The van der Waals surface area contributed by atoms with E-state index in [4.69, 9.17) is 5.73 Å². The highest BCUT2D eigenvalue weighted by Gasteiger charge is 2.12. The minimum atomic E-state index is 0.415. The van der Waals surface area contributed by atoms with Crippen molar-refractivity contribution in [3.63, 3.8) is 0 Å². The van der Waals surface area contributed by atoms with E-state index in [1.165, 1.54) is 11.1 Å². The number of allylic oxidation sites excluding steroid dienone is 8. The van der Waals surface area contributed by atoms with Gasteiger partial charge in [0.15, 0.2) is 0 Å². The Morgan fingerprint density at radius 1 is 1.00 bits per heavy atom. The monoisotopic (exact) mass is 171 g/mol. The van der Waals surface area contributed by atoms with Crippen LogP contribution in [-0.4, -0.2) is 6.54 Å². The third kappa shape index (κ3) is 1.56. The van der Waals surface area contributed by atoms with E-state index in [-0.39, 0.29) is 0 Å². The number of hydrogen-bond donors (Lipinski definition) is 1. The number of rotatable bonds is 1. The molecule has 2 rings (SSSR count). The van der Waals surface area contributed by atoms with E-state index in [2.05, 4.69) is 48.6 Å². The Kier molecular flexibility index (Phi) is 2.28. The van der Waals surface area contributed by atoms with Crippen LogP contribution in [0.5, 0.6) is 0 Å². The fourth-order valence-electron chi connectivity index (χ4n) is 1.68. The first-order chi connectivity index (χ1) is 6.42. The zero-order valence-electron chi connectivity index (χ0n) is 7.48. The molecule has 0 aromatic heterocycles. The van der Waals surface area contributed by atoms with Crippen LogP contribution >= 0.6 is 0 Å². The van der Waals surface area contributed by atoms with Gasteiger partial charge in [0.25, 0.3) is 0 Å². The summed E-state index contributed by atoms with van der Waals surface area (Å²) in [7, 11) is 0. The molecule has 2 aliphatic rings. The van der Waals surface area contributed by atoms with E-state index < -0.39 is 0 Å². The van der Waals surface area contributed by atoms with Crippen LogP contribution in [-0.2, 0) is 0 Å². The topological polar surface area (TPSA) is 26.0 Å². The van der Waals surface area contributed by atoms with Crippen molar-refractivity contribution in [2.24, 2.45) is 11.7 Å². The van der Waals surface area contributed by atoms with Gasteiger partial charge in [-0.1, -0.05) is 48.6 Å². The van der Waals surface area contributed by atoms with Crippen LogP contribution in [0.4, 0.5) is 0 Å². The summed E-state index contributed by atoms with van der Waals surface area (Å²) in [5.41, 5.74) is 8.25. The maximum Gasteiger partial charge on any atom is 0.0208 e. The molecule has 0 aromatic rings. The van der Waals surface area contributed by atoms with Crippen LogP contribution in [0.1, 0.15) is 0 Å². The van der Waals surface area contributed by atoms with Gasteiger partial charge >= 0.3 is 0 Å². The van der Waals surface area contributed by atoms with Crippen LogP contribution in [0.2, 0.25) is 0 Å². The molecule has 0 aromatic carbocycles. The quantitative estimate of drug-likeness (QED) is 0.642. The molecule has 13 heavy (non-hydrogen) atoms. The molecule has 0 heterocycles. The maximum atomic E-state index is 5.68. The Bertz CT molecular complexity index is 340. The summed E-state index contributed by atoms with van der Waals surface area (Å²) in [6.45, 7) is 0.613. The van der Waals surface area contributed by atoms with Gasteiger partial charge in [0.1, 0.15) is 0 Å². The van der Waals surface area contributed by atoms with E-state index in [1.807, 2.05) is 0 Å². The van der Waals surface area contributed by atoms with Gasteiger partial charge in [0.05, 0.1) is 0 Å². The average molecular weight is 171 g/mol. The number of hydrogen-bond acceptors (Lipinski definition) is 1. The highest BCUT2D eigenvalue weighted by Crippen LogP contribution is 2.25. The van der Waals surface area contributed by atoms with Crippen LogP contribution < -0.4 is 5.73 Å². The van der Waals surface area contributed by atoms with E-state index in [1.54, 1.807) is 0 Å². The molecule has 2 N–H and O–H groups in total. The van der Waals surface area contributed by atoms with Crippen molar-refractivity contribution in [2.75, 3.05) is 6.54 Å². The largest absolute Gasteiger partial charge is 0.326 e. The smallest absolute Gasteiger partial charge is 0.0208 e. The lowest BCUT2D eigenvalue weighted by molar-refractivity contribution is 0.965.